The molecule has 9 heteroatoms. The summed E-state index contributed by atoms with van der Waals surface area (Å²) in [5, 5.41) is 12.6. The van der Waals surface area contributed by atoms with Gasteiger partial charge in [0.15, 0.2) is 5.88 Å². The molecule has 0 atom stereocenters. The molecule has 3 aromatic carbocycles. The van der Waals surface area contributed by atoms with Crippen molar-refractivity contribution in [3.8, 4) is 17.8 Å². The first kappa shape index (κ1) is 30.7. The lowest BCUT2D eigenvalue weighted by Crippen LogP contribution is -2.08. The van der Waals surface area contributed by atoms with Crippen LogP contribution in [0.2, 0.25) is 5.15 Å². The number of pyridine rings is 2. The van der Waals surface area contributed by atoms with Crippen LogP contribution < -0.4 is 15.0 Å². The minimum absolute atomic E-state index is 0.105. The van der Waals surface area contributed by atoms with Crippen LogP contribution in [0.25, 0.3) is 21.5 Å². The van der Waals surface area contributed by atoms with E-state index in [0.717, 1.165) is 16.2 Å². The Morgan fingerprint density at radius 3 is 2.17 bits per heavy atom. The molecule has 0 aliphatic heterocycles. The second-order valence-electron chi connectivity index (χ2n) is 8.37. The van der Waals surface area contributed by atoms with Gasteiger partial charge in [0.25, 0.3) is 5.56 Å². The second kappa shape index (κ2) is 15.7. The number of nitrogens with zero attached hydrogens (tertiary/aromatic N) is 2. The van der Waals surface area contributed by atoms with Crippen LogP contribution in [0.1, 0.15) is 29.8 Å². The molecule has 0 aliphatic rings. The van der Waals surface area contributed by atoms with Crippen LogP contribution >= 0.6 is 11.6 Å². The monoisotopic (exact) mass is 571 g/mol. The standard InChI is InChI=1S/C11H10ClNO.C11H11NO2.C10H9NO2/c1-2-14-10-7-8-5-3-4-6-9(8)11(12)13-10;1-2-14-10-7-8-5-3-4-6-9(8)11(13)12-10;1-13-10(12)9-5-3-2-4-8(9)6-7-11/h3-7H,2H2,1H3;3-7H,2H2,1H3,(H,12,13);2-5H,6H2,1H3. The largest absolute Gasteiger partial charge is 0.479 e. The Hall–Kier alpha value is -4.87. The van der Waals surface area contributed by atoms with Crippen LogP contribution in [0.5, 0.6) is 11.8 Å². The van der Waals surface area contributed by atoms with E-state index in [0.29, 0.717) is 46.6 Å². The number of aromatic amines is 1. The highest BCUT2D eigenvalue weighted by Crippen LogP contribution is 2.25. The summed E-state index contributed by atoms with van der Waals surface area (Å²) < 4.78 is 15.1. The number of H-pyrrole nitrogens is 1. The fourth-order valence-electron chi connectivity index (χ4n) is 3.84. The highest BCUT2D eigenvalue weighted by atomic mass is 35.5. The van der Waals surface area contributed by atoms with Crippen LogP contribution in [0, 0.1) is 11.3 Å². The van der Waals surface area contributed by atoms with Gasteiger partial charge in [0.1, 0.15) is 5.15 Å². The third-order valence-corrected chi connectivity index (χ3v) is 5.97. The maximum Gasteiger partial charge on any atom is 0.338 e. The summed E-state index contributed by atoms with van der Waals surface area (Å²) in [5.74, 6) is 0.707. The second-order valence-corrected chi connectivity index (χ2v) is 8.73. The molecule has 0 aliphatic carbocycles. The number of nitrogens with one attached hydrogen (secondary N) is 1. The lowest BCUT2D eigenvalue weighted by molar-refractivity contribution is 0.0599. The summed E-state index contributed by atoms with van der Waals surface area (Å²) in [6.07, 6.45) is 0.227. The van der Waals surface area contributed by atoms with Gasteiger partial charge < -0.3 is 14.2 Å². The summed E-state index contributed by atoms with van der Waals surface area (Å²) in [4.78, 5) is 29.5. The smallest absolute Gasteiger partial charge is 0.338 e. The van der Waals surface area contributed by atoms with Crippen molar-refractivity contribution in [1.82, 2.24) is 9.97 Å². The number of benzene rings is 3. The number of nitriles is 1. The number of fused-ring (bicyclic) bond motifs is 2. The SMILES string of the molecule is CCOc1cc2ccccc2c(=O)[nH]1.CCOc1cc2ccccc2c(Cl)n1.COC(=O)c1ccccc1CC#N. The first-order valence-electron chi connectivity index (χ1n) is 12.9. The van der Waals surface area contributed by atoms with Gasteiger partial charge >= 0.3 is 5.97 Å². The molecule has 5 aromatic rings. The zero-order chi connectivity index (χ0) is 29.6. The molecular weight excluding hydrogens is 542 g/mol. The summed E-state index contributed by atoms with van der Waals surface area (Å²) >= 11 is 6.01. The molecule has 0 fully saturated rings. The molecule has 0 saturated carbocycles. The molecule has 0 radical (unpaired) electrons. The molecule has 0 spiro atoms. The van der Waals surface area contributed by atoms with E-state index < -0.39 is 5.97 Å². The van der Waals surface area contributed by atoms with E-state index in [1.807, 2.05) is 74.5 Å². The predicted molar refractivity (Wildman–Crippen MR) is 161 cm³/mol. The fraction of sp³-hybridized carbons (Fsp3) is 0.188. The van der Waals surface area contributed by atoms with Crippen molar-refractivity contribution >= 4 is 39.1 Å². The van der Waals surface area contributed by atoms with Crippen LogP contribution in [-0.2, 0) is 11.2 Å². The molecule has 5 rings (SSSR count). The summed E-state index contributed by atoms with van der Waals surface area (Å²) in [7, 11) is 1.32. The Morgan fingerprint density at radius 1 is 0.902 bits per heavy atom. The Kier molecular flexibility index (Phi) is 11.7. The normalized spacial score (nSPS) is 9.93. The first-order chi connectivity index (χ1) is 19.9. The fourth-order valence-corrected chi connectivity index (χ4v) is 4.10. The predicted octanol–water partition coefficient (Wildman–Crippen LogP) is 6.75. The van der Waals surface area contributed by atoms with Gasteiger partial charge in [-0.1, -0.05) is 72.3 Å². The molecule has 210 valence electrons. The molecule has 0 amide bonds. The number of carbonyl (C=O) groups is 1. The molecular formula is C32H30ClN3O5. The minimum Gasteiger partial charge on any atom is -0.479 e. The Bertz CT molecular complexity index is 1710. The maximum atomic E-state index is 11.5. The van der Waals surface area contributed by atoms with Crippen LogP contribution in [0.3, 0.4) is 0 Å². The summed E-state index contributed by atoms with van der Waals surface area (Å²) in [6.45, 7) is 4.95. The minimum atomic E-state index is -0.397. The van der Waals surface area contributed by atoms with Gasteiger partial charge in [0.05, 0.1) is 38.4 Å². The molecule has 2 heterocycles. The topological polar surface area (TPSA) is 114 Å². The van der Waals surface area contributed by atoms with Crippen molar-refractivity contribution in [3.05, 3.63) is 112 Å². The van der Waals surface area contributed by atoms with E-state index in [4.69, 9.17) is 26.3 Å². The summed E-state index contributed by atoms with van der Waals surface area (Å²) in [5.41, 5.74) is 1.06. The van der Waals surface area contributed by atoms with Gasteiger partial charge in [0, 0.05) is 22.9 Å². The third kappa shape index (κ3) is 8.56. The van der Waals surface area contributed by atoms with Crippen LogP contribution in [0.4, 0.5) is 0 Å². The van der Waals surface area contributed by atoms with Crippen LogP contribution in [-0.4, -0.2) is 36.3 Å². The van der Waals surface area contributed by atoms with Gasteiger partial charge in [0.2, 0.25) is 5.88 Å². The molecule has 41 heavy (non-hydrogen) atoms. The van der Waals surface area contributed by atoms with Crippen molar-refractivity contribution in [3.63, 3.8) is 0 Å². The molecule has 1 N–H and O–H groups in total. The zero-order valence-electron chi connectivity index (χ0n) is 23.0. The lowest BCUT2D eigenvalue weighted by atomic mass is 10.1. The highest BCUT2D eigenvalue weighted by molar-refractivity contribution is 6.34. The van der Waals surface area contributed by atoms with E-state index in [-0.39, 0.29) is 12.0 Å². The van der Waals surface area contributed by atoms with E-state index in [1.165, 1.54) is 7.11 Å². The number of hydrogen-bond acceptors (Lipinski definition) is 7. The van der Waals surface area contributed by atoms with Gasteiger partial charge in [-0.05, 0) is 42.3 Å². The molecule has 2 aromatic heterocycles. The number of aromatic nitrogens is 2. The quantitative estimate of drug-likeness (QED) is 0.177. The molecule has 0 bridgehead atoms. The number of hydrogen-bond donors (Lipinski definition) is 1. The van der Waals surface area contributed by atoms with Gasteiger partial charge in [-0.2, -0.15) is 5.26 Å². The maximum absolute atomic E-state index is 11.5. The van der Waals surface area contributed by atoms with Crippen LogP contribution in [0.15, 0.2) is 89.7 Å². The number of ether oxygens (including phenoxy) is 3. The Morgan fingerprint density at radius 2 is 1.51 bits per heavy atom. The molecule has 0 unspecified atom stereocenters. The Labute approximate surface area is 243 Å². The van der Waals surface area contributed by atoms with E-state index in [9.17, 15) is 9.59 Å². The number of halogens is 1. The highest BCUT2D eigenvalue weighted by Gasteiger charge is 2.09. The number of rotatable bonds is 6. The van der Waals surface area contributed by atoms with Crippen molar-refractivity contribution in [2.75, 3.05) is 20.3 Å². The average Bonchev–Trinajstić information content (AvgIpc) is 2.98. The van der Waals surface area contributed by atoms with Crippen molar-refractivity contribution in [2.24, 2.45) is 0 Å². The summed E-state index contributed by atoms with van der Waals surface area (Å²) in [6, 6.07) is 27.9. The zero-order valence-corrected chi connectivity index (χ0v) is 23.8. The van der Waals surface area contributed by atoms with Gasteiger partial charge in [-0.3, -0.25) is 9.78 Å². The van der Waals surface area contributed by atoms with Gasteiger partial charge in [-0.15, -0.1) is 0 Å². The number of carbonyl (C=O) groups excluding carboxylic acids is 1. The van der Waals surface area contributed by atoms with E-state index in [1.54, 1.807) is 30.3 Å². The van der Waals surface area contributed by atoms with Gasteiger partial charge in [-0.25, -0.2) is 9.78 Å². The molecule has 8 nitrogen and oxygen atoms in total. The first-order valence-corrected chi connectivity index (χ1v) is 13.3. The van der Waals surface area contributed by atoms with E-state index >= 15 is 0 Å². The lowest BCUT2D eigenvalue weighted by Gasteiger charge is -2.04. The van der Waals surface area contributed by atoms with Crippen molar-refractivity contribution in [2.45, 2.75) is 20.3 Å². The average molecular weight is 572 g/mol. The number of esters is 1. The van der Waals surface area contributed by atoms with Crippen molar-refractivity contribution in [1.29, 1.82) is 5.26 Å². The Balaban J connectivity index is 0.000000169. The molecule has 0 saturated heterocycles. The van der Waals surface area contributed by atoms with Crippen molar-refractivity contribution < 1.29 is 19.0 Å². The van der Waals surface area contributed by atoms with E-state index in [2.05, 4.69) is 14.7 Å². The third-order valence-electron chi connectivity index (χ3n) is 5.68. The number of methoxy groups -OCH3 is 1.